The average molecular weight is 235 g/mol. The molecule has 0 atom stereocenters. The Hall–Kier alpha value is -2.17. The van der Waals surface area contributed by atoms with Gasteiger partial charge in [0.05, 0.1) is 17.6 Å². The Morgan fingerprint density at radius 3 is 2.41 bits per heavy atom. The highest BCUT2D eigenvalue weighted by Crippen LogP contribution is 2.12. The fraction of sp³-hybridized carbons (Fsp3) is 0.250. The van der Waals surface area contributed by atoms with E-state index in [2.05, 4.69) is 4.74 Å². The first-order valence-corrected chi connectivity index (χ1v) is 5.11. The standard InChI is InChI=1S/C12H13NO4/c1-3-11(13(15)16)8-9-4-6-10(7-5-9)12(14)17-2/h4-8H,3H2,1-2H3/b11-8+. The van der Waals surface area contributed by atoms with Gasteiger partial charge < -0.3 is 4.74 Å². The van der Waals surface area contributed by atoms with Gasteiger partial charge >= 0.3 is 5.97 Å². The lowest BCUT2D eigenvalue weighted by Gasteiger charge is -1.99. The van der Waals surface area contributed by atoms with Crippen LogP contribution in [0.1, 0.15) is 29.3 Å². The van der Waals surface area contributed by atoms with Crippen molar-refractivity contribution in [2.24, 2.45) is 0 Å². The minimum absolute atomic E-state index is 0.135. The molecule has 5 nitrogen and oxygen atoms in total. The highest BCUT2D eigenvalue weighted by molar-refractivity contribution is 5.89. The van der Waals surface area contributed by atoms with Crippen LogP contribution in [0, 0.1) is 10.1 Å². The number of hydrogen-bond acceptors (Lipinski definition) is 4. The van der Waals surface area contributed by atoms with E-state index in [9.17, 15) is 14.9 Å². The van der Waals surface area contributed by atoms with Crippen LogP contribution in [0.5, 0.6) is 0 Å². The van der Waals surface area contributed by atoms with Crippen LogP contribution in [0.4, 0.5) is 0 Å². The van der Waals surface area contributed by atoms with Gasteiger partial charge in [-0.2, -0.15) is 0 Å². The van der Waals surface area contributed by atoms with Gasteiger partial charge in [0.2, 0.25) is 5.70 Å². The molecule has 1 aromatic rings. The lowest BCUT2D eigenvalue weighted by molar-refractivity contribution is -0.425. The third-order valence-corrected chi connectivity index (χ3v) is 2.26. The van der Waals surface area contributed by atoms with Crippen LogP contribution in [0.2, 0.25) is 0 Å². The topological polar surface area (TPSA) is 69.4 Å². The lowest BCUT2D eigenvalue weighted by Crippen LogP contribution is -2.00. The number of hydrogen-bond donors (Lipinski definition) is 0. The Morgan fingerprint density at radius 2 is 2.00 bits per heavy atom. The van der Waals surface area contributed by atoms with Crippen molar-refractivity contribution >= 4 is 12.0 Å². The SMILES string of the molecule is CC/C(=C\c1ccc(C(=O)OC)cc1)[N+](=O)[O-]. The lowest BCUT2D eigenvalue weighted by atomic mass is 10.1. The summed E-state index contributed by atoms with van der Waals surface area (Å²) in [5.41, 5.74) is 1.24. The van der Waals surface area contributed by atoms with Crippen LogP contribution in [0.25, 0.3) is 6.08 Å². The van der Waals surface area contributed by atoms with E-state index < -0.39 is 10.9 Å². The molecule has 1 rings (SSSR count). The number of carbonyl (C=O) groups excluding carboxylic acids is 1. The Labute approximate surface area is 98.9 Å². The maximum Gasteiger partial charge on any atom is 0.337 e. The molecule has 0 fully saturated rings. The van der Waals surface area contributed by atoms with E-state index in [0.29, 0.717) is 17.5 Å². The molecule has 0 aliphatic rings. The number of rotatable bonds is 4. The van der Waals surface area contributed by atoms with Crippen LogP contribution in [-0.2, 0) is 4.74 Å². The first kappa shape index (κ1) is 12.9. The third-order valence-electron chi connectivity index (χ3n) is 2.26. The second-order valence-electron chi connectivity index (χ2n) is 3.36. The van der Waals surface area contributed by atoms with Crippen molar-refractivity contribution in [2.45, 2.75) is 13.3 Å². The Balaban J connectivity index is 2.95. The molecule has 17 heavy (non-hydrogen) atoms. The summed E-state index contributed by atoms with van der Waals surface area (Å²) in [6.45, 7) is 1.72. The van der Waals surface area contributed by atoms with Crippen LogP contribution >= 0.6 is 0 Å². The average Bonchev–Trinajstić information content (AvgIpc) is 2.35. The molecule has 0 N–H and O–H groups in total. The molecule has 0 radical (unpaired) electrons. The van der Waals surface area contributed by atoms with Gasteiger partial charge in [0.15, 0.2) is 0 Å². The maximum absolute atomic E-state index is 11.2. The summed E-state index contributed by atoms with van der Waals surface area (Å²) in [4.78, 5) is 21.4. The Kier molecular flexibility index (Phi) is 4.39. The van der Waals surface area contributed by atoms with Crippen molar-refractivity contribution in [3.05, 3.63) is 51.2 Å². The van der Waals surface area contributed by atoms with E-state index in [1.54, 1.807) is 31.2 Å². The minimum Gasteiger partial charge on any atom is -0.465 e. The molecular formula is C12H13NO4. The molecule has 0 amide bonds. The Morgan fingerprint density at radius 1 is 1.41 bits per heavy atom. The van der Waals surface area contributed by atoms with Gasteiger partial charge in [0.25, 0.3) is 0 Å². The van der Waals surface area contributed by atoms with E-state index in [1.807, 2.05) is 0 Å². The van der Waals surface area contributed by atoms with Crippen molar-refractivity contribution in [3.63, 3.8) is 0 Å². The zero-order chi connectivity index (χ0) is 12.8. The highest BCUT2D eigenvalue weighted by atomic mass is 16.6. The quantitative estimate of drug-likeness (QED) is 0.456. The predicted octanol–water partition coefficient (Wildman–Crippen LogP) is 2.50. The fourth-order valence-electron chi connectivity index (χ4n) is 1.31. The number of nitro groups is 1. The van der Waals surface area contributed by atoms with Gasteiger partial charge in [-0.15, -0.1) is 0 Å². The highest BCUT2D eigenvalue weighted by Gasteiger charge is 2.08. The normalized spacial score (nSPS) is 11.1. The third kappa shape index (κ3) is 3.41. The molecule has 0 saturated carbocycles. The number of esters is 1. The smallest absolute Gasteiger partial charge is 0.337 e. The molecule has 5 heteroatoms. The number of carbonyl (C=O) groups is 1. The van der Waals surface area contributed by atoms with Crippen molar-refractivity contribution in [2.75, 3.05) is 7.11 Å². The minimum atomic E-state index is -0.425. The largest absolute Gasteiger partial charge is 0.465 e. The molecule has 90 valence electrons. The Bertz CT molecular complexity index is 448. The van der Waals surface area contributed by atoms with Crippen LogP contribution in [-0.4, -0.2) is 18.0 Å². The molecular weight excluding hydrogens is 222 g/mol. The van der Waals surface area contributed by atoms with E-state index >= 15 is 0 Å². The molecule has 0 heterocycles. The van der Waals surface area contributed by atoms with Crippen molar-refractivity contribution in [1.29, 1.82) is 0 Å². The molecule has 0 aliphatic carbocycles. The van der Waals surface area contributed by atoms with Crippen molar-refractivity contribution in [3.8, 4) is 0 Å². The number of methoxy groups -OCH3 is 1. The number of benzene rings is 1. The van der Waals surface area contributed by atoms with Gasteiger partial charge in [0.1, 0.15) is 0 Å². The molecule has 0 unspecified atom stereocenters. The van der Waals surface area contributed by atoms with Crippen LogP contribution < -0.4 is 0 Å². The second kappa shape index (κ2) is 5.79. The second-order valence-corrected chi connectivity index (χ2v) is 3.36. The summed E-state index contributed by atoms with van der Waals surface area (Å²) >= 11 is 0. The molecule has 0 spiro atoms. The number of nitrogens with zero attached hydrogens (tertiary/aromatic N) is 1. The van der Waals surface area contributed by atoms with E-state index in [0.717, 1.165) is 0 Å². The van der Waals surface area contributed by atoms with E-state index in [1.165, 1.54) is 13.2 Å². The van der Waals surface area contributed by atoms with Crippen molar-refractivity contribution < 1.29 is 14.5 Å². The first-order chi connectivity index (χ1) is 8.08. The van der Waals surface area contributed by atoms with Gasteiger partial charge in [-0.1, -0.05) is 19.1 Å². The summed E-state index contributed by atoms with van der Waals surface area (Å²) in [5.74, 6) is -0.425. The summed E-state index contributed by atoms with van der Waals surface area (Å²) < 4.78 is 4.55. The number of ether oxygens (including phenoxy) is 1. The van der Waals surface area contributed by atoms with Gasteiger partial charge in [-0.25, -0.2) is 4.79 Å². The number of allylic oxidation sites excluding steroid dienone is 1. The predicted molar refractivity (Wildman–Crippen MR) is 63.0 cm³/mol. The summed E-state index contributed by atoms with van der Waals surface area (Å²) in [5, 5.41) is 10.6. The zero-order valence-corrected chi connectivity index (χ0v) is 9.67. The van der Waals surface area contributed by atoms with Gasteiger partial charge in [-0.3, -0.25) is 10.1 Å². The van der Waals surface area contributed by atoms with Crippen LogP contribution in [0.15, 0.2) is 30.0 Å². The zero-order valence-electron chi connectivity index (χ0n) is 9.67. The molecule has 0 bridgehead atoms. The maximum atomic E-state index is 11.2. The van der Waals surface area contributed by atoms with E-state index in [4.69, 9.17) is 0 Å². The van der Waals surface area contributed by atoms with Crippen LogP contribution in [0.3, 0.4) is 0 Å². The summed E-state index contributed by atoms with van der Waals surface area (Å²) in [6.07, 6.45) is 1.84. The van der Waals surface area contributed by atoms with Gasteiger partial charge in [0, 0.05) is 12.5 Å². The monoisotopic (exact) mass is 235 g/mol. The van der Waals surface area contributed by atoms with E-state index in [-0.39, 0.29) is 5.70 Å². The molecule has 0 aromatic heterocycles. The van der Waals surface area contributed by atoms with Crippen molar-refractivity contribution in [1.82, 2.24) is 0 Å². The summed E-state index contributed by atoms with van der Waals surface area (Å²) in [6, 6.07) is 6.44. The molecule has 0 aliphatic heterocycles. The molecule has 0 saturated heterocycles. The fourth-order valence-corrected chi connectivity index (χ4v) is 1.31. The first-order valence-electron chi connectivity index (χ1n) is 5.11. The summed E-state index contributed by atoms with van der Waals surface area (Å²) in [7, 11) is 1.30. The van der Waals surface area contributed by atoms with Gasteiger partial charge in [-0.05, 0) is 17.7 Å². The molecule has 1 aromatic carbocycles.